The van der Waals surface area contributed by atoms with Crippen molar-refractivity contribution in [1.29, 1.82) is 0 Å². The standard InChI is InChI=1S/C5H10NO.Li/c1-6-2-4-7-5-3-6;/h1-5H2;/q-1;+1. The maximum absolute atomic E-state index is 5.06. The summed E-state index contributed by atoms with van der Waals surface area (Å²) in [5.74, 6) is 0. The molecule has 1 aliphatic rings. The first-order valence-corrected chi connectivity index (χ1v) is 2.53. The van der Waals surface area contributed by atoms with Gasteiger partial charge in [-0.15, -0.1) is 0 Å². The summed E-state index contributed by atoms with van der Waals surface area (Å²) >= 11 is 0. The van der Waals surface area contributed by atoms with Gasteiger partial charge in [0.15, 0.2) is 0 Å². The third-order valence-electron chi connectivity index (χ3n) is 1.10. The maximum Gasteiger partial charge on any atom is 1.00 e. The van der Waals surface area contributed by atoms with E-state index in [9.17, 15) is 0 Å². The van der Waals surface area contributed by atoms with E-state index in [1.165, 1.54) is 0 Å². The molecular formula is C5H10LiNO. The van der Waals surface area contributed by atoms with Crippen LogP contribution >= 0.6 is 0 Å². The summed E-state index contributed by atoms with van der Waals surface area (Å²) in [6, 6.07) is 0. The Morgan fingerprint density at radius 3 is 2.00 bits per heavy atom. The first-order valence-electron chi connectivity index (χ1n) is 2.53. The Morgan fingerprint density at radius 1 is 1.25 bits per heavy atom. The summed E-state index contributed by atoms with van der Waals surface area (Å²) in [4.78, 5) is 2.02. The Kier molecular flexibility index (Phi) is 4.69. The van der Waals surface area contributed by atoms with Crippen LogP contribution in [0.4, 0.5) is 0 Å². The van der Waals surface area contributed by atoms with E-state index in [-0.39, 0.29) is 18.9 Å². The third kappa shape index (κ3) is 2.73. The van der Waals surface area contributed by atoms with Crippen molar-refractivity contribution in [2.75, 3.05) is 26.3 Å². The minimum atomic E-state index is 0. The van der Waals surface area contributed by atoms with Gasteiger partial charge in [0.25, 0.3) is 0 Å². The van der Waals surface area contributed by atoms with Crippen molar-refractivity contribution in [3.8, 4) is 0 Å². The maximum atomic E-state index is 5.06. The van der Waals surface area contributed by atoms with E-state index >= 15 is 0 Å². The number of morpholine rings is 1. The van der Waals surface area contributed by atoms with Crippen LogP contribution in [0, 0.1) is 7.05 Å². The van der Waals surface area contributed by atoms with Gasteiger partial charge < -0.3 is 9.64 Å². The van der Waals surface area contributed by atoms with Crippen molar-refractivity contribution >= 4 is 0 Å². The largest absolute Gasteiger partial charge is 1.00 e. The molecule has 0 radical (unpaired) electrons. The van der Waals surface area contributed by atoms with E-state index in [0.29, 0.717) is 0 Å². The third-order valence-corrected chi connectivity index (χ3v) is 1.10. The van der Waals surface area contributed by atoms with E-state index < -0.39 is 0 Å². The predicted molar refractivity (Wildman–Crippen MR) is 27.7 cm³/mol. The van der Waals surface area contributed by atoms with Crippen LogP contribution in [-0.2, 0) is 4.74 Å². The quantitative estimate of drug-likeness (QED) is 0.243. The molecule has 0 atom stereocenters. The van der Waals surface area contributed by atoms with Gasteiger partial charge in [-0.1, -0.05) is 0 Å². The van der Waals surface area contributed by atoms with Crippen molar-refractivity contribution in [3.05, 3.63) is 7.05 Å². The molecule has 42 valence electrons. The molecule has 0 N–H and O–H groups in total. The number of ether oxygens (including phenoxy) is 1. The molecule has 1 fully saturated rings. The van der Waals surface area contributed by atoms with Gasteiger partial charge >= 0.3 is 18.9 Å². The monoisotopic (exact) mass is 107 g/mol. The molecule has 0 spiro atoms. The Hall–Kier alpha value is 0.517. The zero-order valence-corrected chi connectivity index (χ0v) is 5.39. The summed E-state index contributed by atoms with van der Waals surface area (Å²) in [5, 5.41) is 0. The fraction of sp³-hybridized carbons (Fsp3) is 0.800. The number of nitrogens with zero attached hydrogens (tertiary/aromatic N) is 1. The molecule has 2 nitrogen and oxygen atoms in total. The minimum Gasteiger partial charge on any atom is -0.455 e. The van der Waals surface area contributed by atoms with Crippen LogP contribution in [0.15, 0.2) is 0 Å². The van der Waals surface area contributed by atoms with Crippen LogP contribution < -0.4 is 18.9 Å². The average Bonchev–Trinajstić information content (AvgIpc) is 1.69. The van der Waals surface area contributed by atoms with E-state index in [1.807, 2.05) is 4.90 Å². The zero-order valence-electron chi connectivity index (χ0n) is 5.39. The fourth-order valence-corrected chi connectivity index (χ4v) is 0.601. The molecule has 0 aromatic heterocycles. The number of hydrogen-bond acceptors (Lipinski definition) is 2. The molecule has 8 heavy (non-hydrogen) atoms. The van der Waals surface area contributed by atoms with Gasteiger partial charge in [-0.05, 0) is 13.1 Å². The second-order valence-corrected chi connectivity index (χ2v) is 1.73. The van der Waals surface area contributed by atoms with E-state index in [0.717, 1.165) is 26.3 Å². The Bertz CT molecular complexity index is 54.4. The Labute approximate surface area is 62.4 Å². The molecular weight excluding hydrogens is 97.0 g/mol. The zero-order chi connectivity index (χ0) is 5.11. The molecule has 1 saturated heterocycles. The summed E-state index contributed by atoms with van der Waals surface area (Å²) in [6.07, 6.45) is 0. The van der Waals surface area contributed by atoms with Crippen molar-refractivity contribution in [2.45, 2.75) is 0 Å². The summed E-state index contributed by atoms with van der Waals surface area (Å²) in [6.45, 7) is 3.67. The molecule has 3 heteroatoms. The van der Waals surface area contributed by atoms with Crippen LogP contribution in [-0.4, -0.2) is 31.2 Å². The SMILES string of the molecule is [CH2-]N1CCOCC1.[Li+]. The van der Waals surface area contributed by atoms with Crippen molar-refractivity contribution in [1.82, 2.24) is 4.90 Å². The van der Waals surface area contributed by atoms with Crippen LogP contribution in [0.2, 0.25) is 0 Å². The number of hydrogen-bond donors (Lipinski definition) is 0. The molecule has 1 aliphatic heterocycles. The van der Waals surface area contributed by atoms with Gasteiger partial charge in [0.2, 0.25) is 0 Å². The van der Waals surface area contributed by atoms with Gasteiger partial charge in [-0.2, -0.15) is 0 Å². The van der Waals surface area contributed by atoms with Crippen molar-refractivity contribution in [2.24, 2.45) is 0 Å². The molecule has 0 amide bonds. The van der Waals surface area contributed by atoms with Crippen molar-refractivity contribution in [3.63, 3.8) is 0 Å². The number of rotatable bonds is 0. The van der Waals surface area contributed by atoms with E-state index in [4.69, 9.17) is 4.74 Å². The fourth-order valence-electron chi connectivity index (χ4n) is 0.601. The van der Waals surface area contributed by atoms with Crippen LogP contribution in [0.25, 0.3) is 0 Å². The predicted octanol–water partition coefficient (Wildman–Crippen LogP) is -2.89. The first-order chi connectivity index (χ1) is 3.39. The summed E-state index contributed by atoms with van der Waals surface area (Å²) in [5.41, 5.74) is 0. The smallest absolute Gasteiger partial charge is 0.455 e. The van der Waals surface area contributed by atoms with Crippen molar-refractivity contribution < 1.29 is 23.6 Å². The van der Waals surface area contributed by atoms with E-state index in [2.05, 4.69) is 7.05 Å². The topological polar surface area (TPSA) is 12.5 Å². The molecule has 0 aromatic carbocycles. The van der Waals surface area contributed by atoms with Gasteiger partial charge in [-0.25, -0.2) is 0 Å². The molecule has 0 aromatic rings. The molecule has 0 bridgehead atoms. The molecule has 0 unspecified atom stereocenters. The van der Waals surface area contributed by atoms with Gasteiger partial charge in [-0.3, -0.25) is 7.05 Å². The van der Waals surface area contributed by atoms with Gasteiger partial charge in [0, 0.05) is 0 Å². The Balaban J connectivity index is 0.000000490. The normalized spacial score (nSPS) is 22.1. The second kappa shape index (κ2) is 4.40. The van der Waals surface area contributed by atoms with Gasteiger partial charge in [0.1, 0.15) is 0 Å². The minimum absolute atomic E-state index is 0. The van der Waals surface area contributed by atoms with Crippen LogP contribution in [0.1, 0.15) is 0 Å². The van der Waals surface area contributed by atoms with Gasteiger partial charge in [0.05, 0.1) is 13.2 Å². The molecule has 1 rings (SSSR count). The molecule has 1 heterocycles. The second-order valence-electron chi connectivity index (χ2n) is 1.73. The first kappa shape index (κ1) is 8.52. The van der Waals surface area contributed by atoms with Crippen LogP contribution in [0.5, 0.6) is 0 Å². The molecule has 0 saturated carbocycles. The summed E-state index contributed by atoms with van der Waals surface area (Å²) < 4.78 is 5.06. The summed E-state index contributed by atoms with van der Waals surface area (Å²) in [7, 11) is 3.75. The van der Waals surface area contributed by atoms with E-state index in [1.54, 1.807) is 0 Å². The Morgan fingerprint density at radius 2 is 1.75 bits per heavy atom. The van der Waals surface area contributed by atoms with Crippen LogP contribution in [0.3, 0.4) is 0 Å². The molecule has 0 aliphatic carbocycles. The average molecular weight is 107 g/mol.